The Kier molecular flexibility index (Phi) is 5.06. The molecule has 6 nitrogen and oxygen atoms in total. The van der Waals surface area contributed by atoms with Gasteiger partial charge in [-0.05, 0) is 25.5 Å². The second-order valence-electron chi connectivity index (χ2n) is 3.81. The second-order valence-corrected chi connectivity index (χ2v) is 4.24. The van der Waals surface area contributed by atoms with Crippen molar-refractivity contribution in [1.29, 1.82) is 0 Å². The van der Waals surface area contributed by atoms with Crippen LogP contribution in [0.25, 0.3) is 0 Å². The van der Waals surface area contributed by atoms with Gasteiger partial charge in [-0.25, -0.2) is 0 Å². The summed E-state index contributed by atoms with van der Waals surface area (Å²) in [6, 6.07) is 3.59. The molecule has 0 radical (unpaired) electrons. The maximum Gasteiger partial charge on any atom is 0.283 e. The number of nitro groups is 1. The van der Waals surface area contributed by atoms with Crippen LogP contribution in [0.5, 0.6) is 0 Å². The molecule has 0 bridgehead atoms. The van der Waals surface area contributed by atoms with Crippen LogP contribution in [0.3, 0.4) is 0 Å². The molecule has 0 aromatic heterocycles. The van der Waals surface area contributed by atoms with Crippen LogP contribution >= 0.6 is 11.6 Å². The summed E-state index contributed by atoms with van der Waals surface area (Å²) in [5.41, 5.74) is -0.384. The Balaban J connectivity index is 2.95. The number of carbonyl (C=O) groups excluding carboxylic acids is 1. The molecule has 0 fully saturated rings. The first kappa shape index (κ1) is 14.4. The summed E-state index contributed by atoms with van der Waals surface area (Å²) < 4.78 is 0. The van der Waals surface area contributed by atoms with Gasteiger partial charge in [-0.3, -0.25) is 14.9 Å². The van der Waals surface area contributed by atoms with Gasteiger partial charge in [-0.1, -0.05) is 11.6 Å². The first-order valence-electron chi connectivity index (χ1n) is 5.31. The van der Waals surface area contributed by atoms with Crippen LogP contribution in [0.4, 0.5) is 5.69 Å². The topological polar surface area (TPSA) is 92.5 Å². The van der Waals surface area contributed by atoms with E-state index in [-0.39, 0.29) is 28.9 Å². The number of benzene rings is 1. The molecule has 1 aromatic carbocycles. The van der Waals surface area contributed by atoms with Gasteiger partial charge >= 0.3 is 0 Å². The summed E-state index contributed by atoms with van der Waals surface area (Å²) in [5, 5.41) is 22.3. The van der Waals surface area contributed by atoms with Gasteiger partial charge in [0.15, 0.2) is 0 Å². The number of carbonyl (C=O) groups is 1. The molecule has 0 saturated carbocycles. The highest BCUT2D eigenvalue weighted by Gasteiger charge is 2.21. The molecule has 0 aliphatic carbocycles. The minimum Gasteiger partial charge on any atom is -0.396 e. The zero-order valence-corrected chi connectivity index (χ0v) is 10.5. The van der Waals surface area contributed by atoms with Gasteiger partial charge in [-0.15, -0.1) is 0 Å². The Morgan fingerprint density at radius 2 is 2.28 bits per heavy atom. The molecule has 1 atom stereocenters. The number of rotatable bonds is 5. The molecule has 2 N–H and O–H groups in total. The van der Waals surface area contributed by atoms with Crippen molar-refractivity contribution in [2.75, 3.05) is 6.61 Å². The maximum absolute atomic E-state index is 11.8. The molecule has 0 spiro atoms. The molecular formula is C11H13ClN2O4. The van der Waals surface area contributed by atoms with Crippen molar-refractivity contribution in [1.82, 2.24) is 5.32 Å². The molecule has 1 rings (SSSR count). The van der Waals surface area contributed by atoms with E-state index in [0.717, 1.165) is 6.07 Å². The third-order valence-electron chi connectivity index (χ3n) is 2.34. The van der Waals surface area contributed by atoms with Crippen LogP contribution in [0.15, 0.2) is 18.2 Å². The number of aliphatic hydroxyl groups excluding tert-OH is 1. The van der Waals surface area contributed by atoms with E-state index in [2.05, 4.69) is 5.32 Å². The fourth-order valence-electron chi connectivity index (χ4n) is 1.42. The number of hydrogen-bond acceptors (Lipinski definition) is 4. The molecule has 0 unspecified atom stereocenters. The van der Waals surface area contributed by atoms with E-state index in [4.69, 9.17) is 16.7 Å². The normalized spacial score (nSPS) is 11.9. The Labute approximate surface area is 109 Å². The second kappa shape index (κ2) is 6.32. The zero-order valence-electron chi connectivity index (χ0n) is 9.72. The van der Waals surface area contributed by atoms with Crippen molar-refractivity contribution < 1.29 is 14.8 Å². The van der Waals surface area contributed by atoms with Gasteiger partial charge < -0.3 is 10.4 Å². The van der Waals surface area contributed by atoms with E-state index in [1.165, 1.54) is 12.1 Å². The van der Waals surface area contributed by atoms with Gasteiger partial charge in [0.1, 0.15) is 5.56 Å². The van der Waals surface area contributed by atoms with E-state index in [1.54, 1.807) is 6.92 Å². The number of amides is 1. The Morgan fingerprint density at radius 3 is 2.83 bits per heavy atom. The SMILES string of the molecule is C[C@H](CCO)NC(=O)c1ccc(Cl)cc1[N+](=O)[O-]. The van der Waals surface area contributed by atoms with Crippen molar-refractivity contribution in [3.05, 3.63) is 38.9 Å². The van der Waals surface area contributed by atoms with Gasteiger partial charge in [0, 0.05) is 23.7 Å². The lowest BCUT2D eigenvalue weighted by Gasteiger charge is -2.12. The Bertz CT molecular complexity index is 464. The highest BCUT2D eigenvalue weighted by atomic mass is 35.5. The number of nitro benzene ring substituents is 1. The molecule has 0 aliphatic rings. The first-order valence-corrected chi connectivity index (χ1v) is 5.69. The maximum atomic E-state index is 11.8. The summed E-state index contributed by atoms with van der Waals surface area (Å²) in [4.78, 5) is 22.0. The molecule has 98 valence electrons. The lowest BCUT2D eigenvalue weighted by molar-refractivity contribution is -0.385. The average molecular weight is 273 g/mol. The quantitative estimate of drug-likeness (QED) is 0.631. The predicted molar refractivity (Wildman–Crippen MR) is 66.7 cm³/mol. The van der Waals surface area contributed by atoms with E-state index in [9.17, 15) is 14.9 Å². The highest BCUT2D eigenvalue weighted by Crippen LogP contribution is 2.23. The van der Waals surface area contributed by atoms with E-state index < -0.39 is 10.8 Å². The third-order valence-corrected chi connectivity index (χ3v) is 2.58. The van der Waals surface area contributed by atoms with Crippen LogP contribution in [-0.4, -0.2) is 28.6 Å². The molecule has 1 aromatic rings. The number of halogens is 1. The zero-order chi connectivity index (χ0) is 13.7. The lowest BCUT2D eigenvalue weighted by atomic mass is 10.1. The highest BCUT2D eigenvalue weighted by molar-refractivity contribution is 6.31. The number of hydrogen-bond donors (Lipinski definition) is 2. The standard InChI is InChI=1S/C11H13ClN2O4/c1-7(4-5-15)13-11(16)9-3-2-8(12)6-10(9)14(17)18/h2-3,6-7,15H,4-5H2,1H3,(H,13,16)/t7-/m1/s1. The van der Waals surface area contributed by atoms with E-state index in [0.29, 0.717) is 6.42 Å². The number of nitrogens with zero attached hydrogens (tertiary/aromatic N) is 1. The molecule has 0 saturated heterocycles. The van der Waals surface area contributed by atoms with Crippen LogP contribution in [0.2, 0.25) is 5.02 Å². The molecule has 1 amide bonds. The van der Waals surface area contributed by atoms with Gasteiger partial charge in [0.2, 0.25) is 0 Å². The van der Waals surface area contributed by atoms with Crippen LogP contribution in [0.1, 0.15) is 23.7 Å². The van der Waals surface area contributed by atoms with Gasteiger partial charge in [0.25, 0.3) is 11.6 Å². The minimum absolute atomic E-state index is 0.0470. The minimum atomic E-state index is -0.655. The number of aliphatic hydroxyl groups is 1. The third kappa shape index (κ3) is 3.68. The molecular weight excluding hydrogens is 260 g/mol. The summed E-state index contributed by atoms with van der Waals surface area (Å²) in [6.45, 7) is 1.64. The van der Waals surface area contributed by atoms with Gasteiger partial charge in [0.05, 0.1) is 4.92 Å². The van der Waals surface area contributed by atoms with E-state index in [1.807, 2.05) is 0 Å². The fraction of sp³-hybridized carbons (Fsp3) is 0.364. The monoisotopic (exact) mass is 272 g/mol. The largest absolute Gasteiger partial charge is 0.396 e. The summed E-state index contributed by atoms with van der Waals surface area (Å²) >= 11 is 5.65. The summed E-state index contributed by atoms with van der Waals surface area (Å²) in [5.74, 6) is -0.556. The Hall–Kier alpha value is -1.66. The van der Waals surface area contributed by atoms with Crippen molar-refractivity contribution in [3.8, 4) is 0 Å². The lowest BCUT2D eigenvalue weighted by Crippen LogP contribution is -2.33. The fourth-order valence-corrected chi connectivity index (χ4v) is 1.58. The molecule has 0 heterocycles. The Morgan fingerprint density at radius 1 is 1.61 bits per heavy atom. The molecule has 18 heavy (non-hydrogen) atoms. The summed E-state index contributed by atoms with van der Waals surface area (Å²) in [7, 11) is 0. The van der Waals surface area contributed by atoms with Crippen molar-refractivity contribution in [2.45, 2.75) is 19.4 Å². The van der Waals surface area contributed by atoms with Crippen molar-refractivity contribution in [2.24, 2.45) is 0 Å². The van der Waals surface area contributed by atoms with Crippen molar-refractivity contribution in [3.63, 3.8) is 0 Å². The predicted octanol–water partition coefficient (Wildman–Crippen LogP) is 1.75. The smallest absolute Gasteiger partial charge is 0.283 e. The molecule has 7 heteroatoms. The number of nitrogens with one attached hydrogen (secondary N) is 1. The summed E-state index contributed by atoms with van der Waals surface area (Å²) in [6.07, 6.45) is 0.382. The van der Waals surface area contributed by atoms with E-state index >= 15 is 0 Å². The average Bonchev–Trinajstić information content (AvgIpc) is 2.28. The van der Waals surface area contributed by atoms with Crippen LogP contribution < -0.4 is 5.32 Å². The van der Waals surface area contributed by atoms with Crippen LogP contribution in [0, 0.1) is 10.1 Å². The van der Waals surface area contributed by atoms with Crippen molar-refractivity contribution >= 4 is 23.2 Å². The first-order chi connectivity index (χ1) is 8.45. The van der Waals surface area contributed by atoms with Gasteiger partial charge in [-0.2, -0.15) is 0 Å². The van der Waals surface area contributed by atoms with Crippen LogP contribution in [-0.2, 0) is 0 Å². The molecule has 0 aliphatic heterocycles.